The minimum Gasteiger partial charge on any atom is -0.497 e. The molecule has 1 aliphatic rings. The van der Waals surface area contributed by atoms with Crippen LogP contribution >= 0.6 is 0 Å². The van der Waals surface area contributed by atoms with Crippen LogP contribution in [-0.2, 0) is 11.2 Å². The molecule has 1 amide bonds. The number of rotatable bonds is 5. The maximum Gasteiger partial charge on any atom is 0.231 e. The number of piperazine rings is 1. The van der Waals surface area contributed by atoms with Crippen LogP contribution in [0, 0.1) is 0 Å². The Bertz CT molecular complexity index is 914. The smallest absolute Gasteiger partial charge is 0.231 e. The fraction of sp³-hybridized carbons (Fsp3) is 0.350. The molecule has 1 saturated heterocycles. The Morgan fingerprint density at radius 2 is 1.81 bits per heavy atom. The molecule has 0 spiro atoms. The second-order valence-corrected chi connectivity index (χ2v) is 6.64. The highest BCUT2D eigenvalue weighted by Crippen LogP contribution is 2.17. The number of carbonyl (C=O) groups is 1. The summed E-state index contributed by atoms with van der Waals surface area (Å²) >= 11 is 0. The molecule has 1 aliphatic heterocycles. The predicted molar refractivity (Wildman–Crippen MR) is 103 cm³/mol. The van der Waals surface area contributed by atoms with Gasteiger partial charge >= 0.3 is 0 Å². The molecular weight excluding hydrogens is 342 g/mol. The van der Waals surface area contributed by atoms with Crippen LogP contribution in [0.4, 0.5) is 5.95 Å². The molecular formula is C20H23N5O2. The monoisotopic (exact) mass is 365 g/mol. The van der Waals surface area contributed by atoms with Crippen LogP contribution in [0.2, 0.25) is 0 Å². The number of pyridine rings is 1. The summed E-state index contributed by atoms with van der Waals surface area (Å²) in [6.45, 7) is 2.96. The van der Waals surface area contributed by atoms with E-state index in [9.17, 15) is 4.79 Å². The van der Waals surface area contributed by atoms with Crippen molar-refractivity contribution in [3.05, 3.63) is 54.2 Å². The van der Waals surface area contributed by atoms with Crippen molar-refractivity contribution < 1.29 is 9.53 Å². The highest BCUT2D eigenvalue weighted by molar-refractivity contribution is 5.76. The van der Waals surface area contributed by atoms with Crippen molar-refractivity contribution in [3.63, 3.8) is 0 Å². The van der Waals surface area contributed by atoms with Crippen molar-refractivity contribution in [2.45, 2.75) is 12.8 Å². The van der Waals surface area contributed by atoms with Gasteiger partial charge in [-0.3, -0.25) is 9.20 Å². The lowest BCUT2D eigenvalue weighted by Crippen LogP contribution is -2.49. The quantitative estimate of drug-likeness (QED) is 0.692. The molecule has 2 aromatic heterocycles. The van der Waals surface area contributed by atoms with E-state index in [1.807, 2.05) is 58.0 Å². The Kier molecular flexibility index (Phi) is 4.91. The fourth-order valence-corrected chi connectivity index (χ4v) is 3.40. The van der Waals surface area contributed by atoms with E-state index in [0.717, 1.165) is 42.4 Å². The molecule has 7 heteroatoms. The second-order valence-electron chi connectivity index (χ2n) is 6.64. The Morgan fingerprint density at radius 3 is 2.56 bits per heavy atom. The molecule has 7 nitrogen and oxygen atoms in total. The summed E-state index contributed by atoms with van der Waals surface area (Å²) in [5.74, 6) is 1.88. The van der Waals surface area contributed by atoms with Gasteiger partial charge in [-0.15, -0.1) is 10.2 Å². The molecule has 4 rings (SSSR count). The van der Waals surface area contributed by atoms with E-state index >= 15 is 0 Å². The van der Waals surface area contributed by atoms with Gasteiger partial charge in [-0.1, -0.05) is 18.2 Å². The standard InChI is InChI=1S/C20H23N5O2/c1-27-17-8-5-16(6-9-17)7-10-19(26)23-12-14-24(15-13-23)20-22-21-18-4-2-3-11-25(18)20/h2-6,8-9,11H,7,10,12-15H2,1H3. The van der Waals surface area contributed by atoms with Gasteiger partial charge in [0, 0.05) is 38.8 Å². The molecule has 0 unspecified atom stereocenters. The number of anilines is 1. The Balaban J connectivity index is 1.31. The number of benzene rings is 1. The van der Waals surface area contributed by atoms with Crippen LogP contribution in [0.3, 0.4) is 0 Å². The number of hydrogen-bond donors (Lipinski definition) is 0. The lowest BCUT2D eigenvalue weighted by atomic mass is 10.1. The zero-order chi connectivity index (χ0) is 18.6. The highest BCUT2D eigenvalue weighted by atomic mass is 16.5. The van der Waals surface area contributed by atoms with Crippen molar-refractivity contribution in [2.24, 2.45) is 0 Å². The maximum absolute atomic E-state index is 12.5. The number of carbonyl (C=O) groups excluding carboxylic acids is 1. The molecule has 3 aromatic rings. The van der Waals surface area contributed by atoms with Gasteiger partial charge in [0.25, 0.3) is 0 Å². The summed E-state index contributed by atoms with van der Waals surface area (Å²) < 4.78 is 7.15. The van der Waals surface area contributed by atoms with Gasteiger partial charge in [-0.25, -0.2) is 0 Å². The molecule has 0 N–H and O–H groups in total. The van der Waals surface area contributed by atoms with E-state index in [-0.39, 0.29) is 5.91 Å². The Morgan fingerprint density at radius 1 is 1.04 bits per heavy atom. The normalized spacial score (nSPS) is 14.6. The number of aromatic nitrogens is 3. The summed E-state index contributed by atoms with van der Waals surface area (Å²) in [4.78, 5) is 16.7. The minimum absolute atomic E-state index is 0.205. The van der Waals surface area contributed by atoms with Gasteiger partial charge < -0.3 is 14.5 Å². The van der Waals surface area contributed by atoms with Crippen LogP contribution in [0.25, 0.3) is 5.65 Å². The SMILES string of the molecule is COc1ccc(CCC(=O)N2CCN(c3nnc4ccccn34)CC2)cc1. The van der Waals surface area contributed by atoms with Crippen LogP contribution in [0.5, 0.6) is 5.75 Å². The first-order valence-electron chi connectivity index (χ1n) is 9.20. The number of hydrogen-bond acceptors (Lipinski definition) is 5. The molecule has 1 aromatic carbocycles. The topological polar surface area (TPSA) is 63.0 Å². The van der Waals surface area contributed by atoms with Crippen molar-refractivity contribution in [1.82, 2.24) is 19.5 Å². The summed E-state index contributed by atoms with van der Waals surface area (Å²) in [5, 5.41) is 8.51. The van der Waals surface area contributed by atoms with Gasteiger partial charge in [0.05, 0.1) is 7.11 Å². The minimum atomic E-state index is 0.205. The lowest BCUT2D eigenvalue weighted by molar-refractivity contribution is -0.131. The van der Waals surface area contributed by atoms with Crippen LogP contribution in [-0.4, -0.2) is 58.7 Å². The van der Waals surface area contributed by atoms with Crippen LogP contribution in [0.1, 0.15) is 12.0 Å². The van der Waals surface area contributed by atoms with Gasteiger partial charge in [0.15, 0.2) is 5.65 Å². The summed E-state index contributed by atoms with van der Waals surface area (Å²) in [7, 11) is 1.65. The Hall–Kier alpha value is -3.09. The van der Waals surface area contributed by atoms with E-state index in [2.05, 4.69) is 15.1 Å². The van der Waals surface area contributed by atoms with Crippen molar-refractivity contribution in [3.8, 4) is 5.75 Å². The first-order valence-corrected chi connectivity index (χ1v) is 9.20. The first kappa shape index (κ1) is 17.3. The molecule has 140 valence electrons. The third kappa shape index (κ3) is 3.72. The van der Waals surface area contributed by atoms with Crippen LogP contribution in [0.15, 0.2) is 48.7 Å². The number of aryl methyl sites for hydroxylation is 1. The van der Waals surface area contributed by atoms with E-state index in [1.54, 1.807) is 7.11 Å². The largest absolute Gasteiger partial charge is 0.497 e. The second kappa shape index (κ2) is 7.65. The van der Waals surface area contributed by atoms with Crippen molar-refractivity contribution in [2.75, 3.05) is 38.2 Å². The molecule has 3 heterocycles. The molecule has 0 aliphatic carbocycles. The fourth-order valence-electron chi connectivity index (χ4n) is 3.40. The number of fused-ring (bicyclic) bond motifs is 1. The number of amides is 1. The maximum atomic E-state index is 12.5. The average molecular weight is 365 g/mol. The van der Waals surface area contributed by atoms with E-state index in [4.69, 9.17) is 4.74 Å². The van der Waals surface area contributed by atoms with Crippen molar-refractivity contribution >= 4 is 17.5 Å². The van der Waals surface area contributed by atoms with Gasteiger partial charge in [0.1, 0.15) is 5.75 Å². The first-order chi connectivity index (χ1) is 13.2. The van der Waals surface area contributed by atoms with E-state index in [1.165, 1.54) is 0 Å². The summed E-state index contributed by atoms with van der Waals surface area (Å²) in [6, 6.07) is 13.8. The lowest BCUT2D eigenvalue weighted by Gasteiger charge is -2.34. The third-order valence-corrected chi connectivity index (χ3v) is 5.00. The zero-order valence-corrected chi connectivity index (χ0v) is 15.4. The summed E-state index contributed by atoms with van der Waals surface area (Å²) in [5.41, 5.74) is 1.99. The number of ether oxygens (including phenoxy) is 1. The zero-order valence-electron chi connectivity index (χ0n) is 15.4. The average Bonchev–Trinajstić information content (AvgIpc) is 3.16. The van der Waals surface area contributed by atoms with Crippen molar-refractivity contribution in [1.29, 1.82) is 0 Å². The molecule has 0 saturated carbocycles. The highest BCUT2D eigenvalue weighted by Gasteiger charge is 2.23. The molecule has 27 heavy (non-hydrogen) atoms. The molecule has 0 atom stereocenters. The van der Waals surface area contributed by atoms with Gasteiger partial charge in [-0.2, -0.15) is 0 Å². The van der Waals surface area contributed by atoms with Crippen LogP contribution < -0.4 is 9.64 Å². The predicted octanol–water partition coefficient (Wildman–Crippen LogP) is 2.02. The molecule has 0 bridgehead atoms. The van der Waals surface area contributed by atoms with Gasteiger partial charge in [-0.05, 0) is 36.2 Å². The molecule has 0 radical (unpaired) electrons. The van der Waals surface area contributed by atoms with E-state index in [0.29, 0.717) is 19.5 Å². The van der Waals surface area contributed by atoms with E-state index < -0.39 is 0 Å². The Labute approximate surface area is 158 Å². The summed E-state index contributed by atoms with van der Waals surface area (Å²) in [6.07, 6.45) is 3.25. The molecule has 1 fully saturated rings. The number of nitrogens with zero attached hydrogens (tertiary/aromatic N) is 5. The van der Waals surface area contributed by atoms with Gasteiger partial charge in [0.2, 0.25) is 11.9 Å². The number of methoxy groups -OCH3 is 1. The third-order valence-electron chi connectivity index (χ3n) is 5.00.